The molecule has 0 amide bonds. The second-order valence-corrected chi connectivity index (χ2v) is 7.17. The van der Waals surface area contributed by atoms with E-state index in [-0.39, 0.29) is 16.9 Å². The summed E-state index contributed by atoms with van der Waals surface area (Å²) in [7, 11) is -3.57. The van der Waals surface area contributed by atoms with Crippen LogP contribution in [0.5, 0.6) is 0 Å². The van der Waals surface area contributed by atoms with E-state index in [4.69, 9.17) is 5.26 Å². The van der Waals surface area contributed by atoms with Crippen molar-refractivity contribution in [3.63, 3.8) is 0 Å². The molecule has 0 aliphatic heterocycles. The van der Waals surface area contributed by atoms with Crippen molar-refractivity contribution < 1.29 is 8.42 Å². The third kappa shape index (κ3) is 5.49. The number of rotatable bonds is 8. The molecule has 0 spiro atoms. The Bertz CT molecular complexity index is 573. The Balaban J connectivity index is 2.85. The van der Waals surface area contributed by atoms with Crippen LogP contribution in [0.15, 0.2) is 29.2 Å². The van der Waals surface area contributed by atoms with Crippen LogP contribution in [0, 0.1) is 24.2 Å². The van der Waals surface area contributed by atoms with Gasteiger partial charge in [0.05, 0.1) is 16.9 Å². The van der Waals surface area contributed by atoms with Gasteiger partial charge in [-0.3, -0.25) is 0 Å². The van der Waals surface area contributed by atoms with Gasteiger partial charge in [0.25, 0.3) is 0 Å². The van der Waals surface area contributed by atoms with Gasteiger partial charge < -0.3 is 0 Å². The summed E-state index contributed by atoms with van der Waals surface area (Å²) in [5.41, 5.74) is 1.01. The number of unbranched alkanes of at least 4 members (excludes halogenated alkanes) is 2. The maximum absolute atomic E-state index is 12.4. The lowest BCUT2D eigenvalue weighted by Crippen LogP contribution is -2.39. The molecule has 0 unspecified atom stereocenters. The lowest BCUT2D eigenvalue weighted by molar-refractivity contribution is 0.443. The second kappa shape index (κ2) is 8.16. The normalized spacial score (nSPS) is 14.4. The average Bonchev–Trinajstić information content (AvgIpc) is 2.46. The Morgan fingerprint density at radius 3 is 2.38 bits per heavy atom. The molecule has 2 atom stereocenters. The van der Waals surface area contributed by atoms with Crippen molar-refractivity contribution >= 4 is 10.0 Å². The van der Waals surface area contributed by atoms with E-state index in [1.165, 1.54) is 0 Å². The zero-order valence-electron chi connectivity index (χ0n) is 13.0. The Kier molecular flexibility index (Phi) is 6.86. The summed E-state index contributed by atoms with van der Waals surface area (Å²) in [5.74, 6) is -0.345. The number of nitriles is 1. The van der Waals surface area contributed by atoms with Crippen LogP contribution in [0.2, 0.25) is 0 Å². The minimum absolute atomic E-state index is 0.249. The van der Waals surface area contributed by atoms with Crippen molar-refractivity contribution in [2.45, 2.75) is 57.4 Å². The van der Waals surface area contributed by atoms with Gasteiger partial charge in [0.1, 0.15) is 0 Å². The molecule has 0 heterocycles. The van der Waals surface area contributed by atoms with Gasteiger partial charge in [0.15, 0.2) is 0 Å². The smallest absolute Gasteiger partial charge is 0.207 e. The molecule has 0 saturated heterocycles. The molecule has 0 aromatic heterocycles. The minimum Gasteiger partial charge on any atom is -0.207 e. The van der Waals surface area contributed by atoms with Crippen molar-refractivity contribution in [3.8, 4) is 6.07 Å². The van der Waals surface area contributed by atoms with E-state index in [0.29, 0.717) is 6.42 Å². The van der Waals surface area contributed by atoms with Crippen LogP contribution in [0.25, 0.3) is 0 Å². The Morgan fingerprint density at radius 1 is 1.24 bits per heavy atom. The third-order valence-electron chi connectivity index (χ3n) is 3.56. The number of benzene rings is 1. The predicted molar refractivity (Wildman–Crippen MR) is 84.2 cm³/mol. The first-order chi connectivity index (χ1) is 9.90. The maximum atomic E-state index is 12.4. The first-order valence-corrected chi connectivity index (χ1v) is 8.87. The molecular weight excluding hydrogens is 284 g/mol. The quantitative estimate of drug-likeness (QED) is 0.748. The molecule has 0 saturated carbocycles. The van der Waals surface area contributed by atoms with Gasteiger partial charge in [-0.2, -0.15) is 5.26 Å². The largest absolute Gasteiger partial charge is 0.240 e. The Hall–Kier alpha value is -1.38. The highest BCUT2D eigenvalue weighted by atomic mass is 32.2. The van der Waals surface area contributed by atoms with Gasteiger partial charge in [-0.05, 0) is 32.4 Å². The molecule has 21 heavy (non-hydrogen) atoms. The summed E-state index contributed by atoms with van der Waals surface area (Å²) in [6, 6.07) is 8.54. The minimum atomic E-state index is -3.57. The van der Waals surface area contributed by atoms with Crippen molar-refractivity contribution in [1.82, 2.24) is 4.72 Å². The van der Waals surface area contributed by atoms with Crippen molar-refractivity contribution in [1.29, 1.82) is 5.26 Å². The van der Waals surface area contributed by atoms with Crippen molar-refractivity contribution in [2.24, 2.45) is 5.92 Å². The van der Waals surface area contributed by atoms with E-state index in [1.807, 2.05) is 6.92 Å². The van der Waals surface area contributed by atoms with E-state index in [1.54, 1.807) is 31.2 Å². The van der Waals surface area contributed by atoms with Gasteiger partial charge in [-0.15, -0.1) is 0 Å². The maximum Gasteiger partial charge on any atom is 0.240 e. The van der Waals surface area contributed by atoms with E-state index >= 15 is 0 Å². The van der Waals surface area contributed by atoms with Crippen LogP contribution < -0.4 is 4.72 Å². The molecule has 116 valence electrons. The molecular formula is C16H24N2O2S. The van der Waals surface area contributed by atoms with E-state index in [9.17, 15) is 8.42 Å². The van der Waals surface area contributed by atoms with Gasteiger partial charge in [-0.25, -0.2) is 13.1 Å². The molecule has 0 aliphatic rings. The summed E-state index contributed by atoms with van der Waals surface area (Å²) >= 11 is 0. The van der Waals surface area contributed by atoms with Crippen LogP contribution in [-0.4, -0.2) is 14.5 Å². The summed E-state index contributed by atoms with van der Waals surface area (Å²) in [6.45, 7) is 5.77. The fraction of sp³-hybridized carbons (Fsp3) is 0.562. The zero-order valence-corrected chi connectivity index (χ0v) is 13.8. The second-order valence-electron chi connectivity index (χ2n) is 5.45. The highest BCUT2D eigenvalue weighted by Gasteiger charge is 2.24. The van der Waals surface area contributed by atoms with Crippen LogP contribution >= 0.6 is 0 Å². The third-order valence-corrected chi connectivity index (χ3v) is 5.07. The number of nitrogens with zero attached hydrogens (tertiary/aromatic N) is 1. The molecule has 0 bridgehead atoms. The zero-order chi connectivity index (χ0) is 15.9. The summed E-state index contributed by atoms with van der Waals surface area (Å²) < 4.78 is 27.5. The average molecular weight is 308 g/mol. The number of aryl methyl sites for hydroxylation is 1. The number of hydrogen-bond acceptors (Lipinski definition) is 3. The van der Waals surface area contributed by atoms with Gasteiger partial charge in [0, 0.05) is 6.04 Å². The number of sulfonamides is 1. The van der Waals surface area contributed by atoms with Gasteiger partial charge in [0.2, 0.25) is 10.0 Å². The van der Waals surface area contributed by atoms with Crippen LogP contribution in [-0.2, 0) is 10.0 Å². The van der Waals surface area contributed by atoms with Crippen LogP contribution in [0.4, 0.5) is 0 Å². The van der Waals surface area contributed by atoms with Crippen molar-refractivity contribution in [2.75, 3.05) is 0 Å². The molecule has 5 heteroatoms. The fourth-order valence-electron chi connectivity index (χ4n) is 2.10. The van der Waals surface area contributed by atoms with Crippen LogP contribution in [0.3, 0.4) is 0 Å². The summed E-state index contributed by atoms with van der Waals surface area (Å²) in [4.78, 5) is 0.249. The molecule has 1 aromatic rings. The van der Waals surface area contributed by atoms with Gasteiger partial charge in [-0.1, -0.05) is 43.9 Å². The molecule has 0 fully saturated rings. The van der Waals surface area contributed by atoms with E-state index in [0.717, 1.165) is 24.8 Å². The molecule has 0 radical (unpaired) electrons. The Labute approximate surface area is 128 Å². The number of hydrogen-bond donors (Lipinski definition) is 1. The number of nitrogens with one attached hydrogen (secondary N) is 1. The first-order valence-electron chi connectivity index (χ1n) is 7.39. The predicted octanol–water partition coefficient (Wildman–Crippen LogP) is 3.38. The Morgan fingerprint density at radius 2 is 1.86 bits per heavy atom. The SMILES string of the molecule is CCCCC[C@@H](NS(=O)(=O)c1ccc(C)cc1)[C@@H](C)C#N. The lowest BCUT2D eigenvalue weighted by Gasteiger charge is -2.20. The van der Waals surface area contributed by atoms with Crippen LogP contribution in [0.1, 0.15) is 45.1 Å². The van der Waals surface area contributed by atoms with E-state index in [2.05, 4.69) is 17.7 Å². The standard InChI is InChI=1S/C16H24N2O2S/c1-4-5-6-7-16(14(3)12-17)18-21(19,20)15-10-8-13(2)9-11-15/h8-11,14,16,18H,4-7H2,1-3H3/t14-,16+/m0/s1. The monoisotopic (exact) mass is 308 g/mol. The first kappa shape index (κ1) is 17.7. The molecule has 1 rings (SSSR count). The lowest BCUT2D eigenvalue weighted by atomic mass is 9.98. The van der Waals surface area contributed by atoms with Gasteiger partial charge >= 0.3 is 0 Å². The van der Waals surface area contributed by atoms with Crippen molar-refractivity contribution in [3.05, 3.63) is 29.8 Å². The topological polar surface area (TPSA) is 70.0 Å². The summed E-state index contributed by atoms with van der Waals surface area (Å²) in [5, 5.41) is 9.08. The highest BCUT2D eigenvalue weighted by molar-refractivity contribution is 7.89. The fourth-order valence-corrected chi connectivity index (χ4v) is 3.45. The summed E-state index contributed by atoms with van der Waals surface area (Å²) in [6.07, 6.45) is 3.72. The molecule has 4 nitrogen and oxygen atoms in total. The highest BCUT2D eigenvalue weighted by Crippen LogP contribution is 2.16. The molecule has 1 aromatic carbocycles. The molecule has 0 aliphatic carbocycles. The molecule has 1 N–H and O–H groups in total. The van der Waals surface area contributed by atoms with E-state index < -0.39 is 10.0 Å².